The van der Waals surface area contributed by atoms with E-state index >= 15 is 0 Å². The minimum atomic E-state index is 0.0771. The molecule has 3 rings (SSSR count). The van der Waals surface area contributed by atoms with Crippen LogP contribution in [0.2, 0.25) is 0 Å². The van der Waals surface area contributed by atoms with Crippen LogP contribution in [-0.4, -0.2) is 40.4 Å². The lowest BCUT2D eigenvalue weighted by Gasteiger charge is -2.19. The predicted molar refractivity (Wildman–Crippen MR) is 91.4 cm³/mol. The van der Waals surface area contributed by atoms with Crippen molar-refractivity contribution in [1.82, 2.24) is 9.88 Å². The first-order chi connectivity index (χ1) is 10.1. The van der Waals surface area contributed by atoms with E-state index in [2.05, 4.69) is 4.98 Å². The van der Waals surface area contributed by atoms with Gasteiger partial charge in [-0.15, -0.1) is 11.3 Å². The molecule has 0 atom stereocenters. The third kappa shape index (κ3) is 2.74. The van der Waals surface area contributed by atoms with Gasteiger partial charge < -0.3 is 10.6 Å². The summed E-state index contributed by atoms with van der Waals surface area (Å²) in [6, 6.07) is 2.01. The quantitative estimate of drug-likeness (QED) is 0.877. The highest BCUT2D eigenvalue weighted by atomic mass is 32.2. The number of amides is 1. The SMILES string of the molecule is Cc1cc2sc(C(=O)N3CCCSCC3)c(N)c2c(C)n1. The van der Waals surface area contributed by atoms with Crippen molar-refractivity contribution >= 4 is 44.8 Å². The van der Waals surface area contributed by atoms with E-state index in [0.29, 0.717) is 10.6 Å². The van der Waals surface area contributed by atoms with Crippen molar-refractivity contribution in [3.05, 3.63) is 22.3 Å². The number of nitrogens with two attached hydrogens (primary N) is 1. The van der Waals surface area contributed by atoms with E-state index < -0.39 is 0 Å². The van der Waals surface area contributed by atoms with E-state index in [-0.39, 0.29) is 5.91 Å². The molecule has 6 heteroatoms. The monoisotopic (exact) mass is 321 g/mol. The molecule has 2 N–H and O–H groups in total. The van der Waals surface area contributed by atoms with Gasteiger partial charge in [0.05, 0.1) is 5.69 Å². The van der Waals surface area contributed by atoms with E-state index in [0.717, 1.165) is 52.5 Å². The first kappa shape index (κ1) is 14.7. The molecule has 1 amide bonds. The third-order valence-corrected chi connectivity index (χ3v) is 5.91. The van der Waals surface area contributed by atoms with E-state index in [1.807, 2.05) is 36.6 Å². The van der Waals surface area contributed by atoms with E-state index in [9.17, 15) is 4.79 Å². The fourth-order valence-electron chi connectivity index (χ4n) is 2.73. The van der Waals surface area contributed by atoms with Crippen LogP contribution in [0.4, 0.5) is 5.69 Å². The van der Waals surface area contributed by atoms with Crippen molar-refractivity contribution in [3.8, 4) is 0 Å². The highest BCUT2D eigenvalue weighted by Gasteiger charge is 2.23. The average molecular weight is 321 g/mol. The van der Waals surface area contributed by atoms with Crippen molar-refractivity contribution in [2.45, 2.75) is 20.3 Å². The molecule has 1 aliphatic rings. The summed E-state index contributed by atoms with van der Waals surface area (Å²) in [4.78, 5) is 19.8. The second kappa shape index (κ2) is 5.85. The Kier molecular flexibility index (Phi) is 4.08. The molecule has 0 spiro atoms. The number of aromatic nitrogens is 1. The number of hydrogen-bond donors (Lipinski definition) is 1. The predicted octanol–water partition coefficient (Wildman–Crippen LogP) is 3.07. The van der Waals surface area contributed by atoms with Gasteiger partial charge in [0.25, 0.3) is 5.91 Å². The number of pyridine rings is 1. The number of hydrogen-bond acceptors (Lipinski definition) is 5. The van der Waals surface area contributed by atoms with Crippen LogP contribution < -0.4 is 5.73 Å². The van der Waals surface area contributed by atoms with E-state index in [1.165, 1.54) is 11.3 Å². The maximum Gasteiger partial charge on any atom is 0.266 e. The van der Waals surface area contributed by atoms with Gasteiger partial charge in [-0.3, -0.25) is 9.78 Å². The van der Waals surface area contributed by atoms with Crippen LogP contribution in [0.3, 0.4) is 0 Å². The number of nitrogens with zero attached hydrogens (tertiary/aromatic N) is 2. The van der Waals surface area contributed by atoms with Crippen LogP contribution in [0.1, 0.15) is 27.5 Å². The number of anilines is 1. The zero-order valence-electron chi connectivity index (χ0n) is 12.3. The number of rotatable bonds is 1. The molecule has 2 aromatic heterocycles. The summed E-state index contributed by atoms with van der Waals surface area (Å²) in [5.41, 5.74) is 8.72. The maximum atomic E-state index is 12.8. The van der Waals surface area contributed by atoms with Crippen molar-refractivity contribution < 1.29 is 4.79 Å². The first-order valence-corrected chi connectivity index (χ1v) is 9.08. The fraction of sp³-hybridized carbons (Fsp3) is 0.467. The highest BCUT2D eigenvalue weighted by Crippen LogP contribution is 2.36. The summed E-state index contributed by atoms with van der Waals surface area (Å²) >= 11 is 3.41. The molecule has 1 saturated heterocycles. The maximum absolute atomic E-state index is 12.8. The molecular weight excluding hydrogens is 302 g/mol. The summed E-state index contributed by atoms with van der Waals surface area (Å²) in [6.07, 6.45) is 1.06. The van der Waals surface area contributed by atoms with Gasteiger partial charge in [-0.2, -0.15) is 11.8 Å². The normalized spacial score (nSPS) is 16.2. The van der Waals surface area contributed by atoms with Gasteiger partial charge in [0, 0.05) is 40.3 Å². The van der Waals surface area contributed by atoms with E-state index in [4.69, 9.17) is 5.73 Å². The largest absolute Gasteiger partial charge is 0.397 e. The van der Waals surface area contributed by atoms with Crippen LogP contribution in [0.25, 0.3) is 10.1 Å². The van der Waals surface area contributed by atoms with Crippen LogP contribution in [0, 0.1) is 13.8 Å². The number of fused-ring (bicyclic) bond motifs is 1. The summed E-state index contributed by atoms with van der Waals surface area (Å²) in [6.45, 7) is 5.56. The number of thioether (sulfide) groups is 1. The van der Waals surface area contributed by atoms with Crippen molar-refractivity contribution in [1.29, 1.82) is 0 Å². The molecule has 1 aliphatic heterocycles. The lowest BCUT2D eigenvalue weighted by molar-refractivity contribution is 0.0774. The van der Waals surface area contributed by atoms with Crippen LogP contribution >= 0.6 is 23.1 Å². The minimum absolute atomic E-state index is 0.0771. The van der Waals surface area contributed by atoms with Crippen molar-refractivity contribution in [2.24, 2.45) is 0 Å². The third-order valence-electron chi connectivity index (χ3n) is 3.72. The molecule has 3 heterocycles. The zero-order valence-corrected chi connectivity index (χ0v) is 13.9. The topological polar surface area (TPSA) is 59.2 Å². The van der Waals surface area contributed by atoms with Crippen LogP contribution in [0.15, 0.2) is 6.07 Å². The van der Waals surface area contributed by atoms with Crippen LogP contribution in [0.5, 0.6) is 0 Å². The van der Waals surface area contributed by atoms with E-state index in [1.54, 1.807) is 0 Å². The van der Waals surface area contributed by atoms with Gasteiger partial charge in [-0.05, 0) is 32.1 Å². The molecule has 0 aromatic carbocycles. The number of aryl methyl sites for hydroxylation is 2. The lowest BCUT2D eigenvalue weighted by Crippen LogP contribution is -2.32. The Balaban J connectivity index is 2.01. The molecule has 0 aliphatic carbocycles. The molecule has 0 saturated carbocycles. The highest BCUT2D eigenvalue weighted by molar-refractivity contribution is 7.99. The second-order valence-corrected chi connectivity index (χ2v) is 7.60. The van der Waals surface area contributed by atoms with Crippen molar-refractivity contribution in [3.63, 3.8) is 0 Å². The zero-order chi connectivity index (χ0) is 15.0. The Labute approximate surface area is 132 Å². The molecule has 21 heavy (non-hydrogen) atoms. The number of carbonyl (C=O) groups is 1. The number of carbonyl (C=O) groups excluding carboxylic acids is 1. The molecule has 0 bridgehead atoms. The van der Waals surface area contributed by atoms with Gasteiger partial charge >= 0.3 is 0 Å². The Morgan fingerprint density at radius 2 is 2.14 bits per heavy atom. The van der Waals surface area contributed by atoms with Gasteiger partial charge in [0.2, 0.25) is 0 Å². The Morgan fingerprint density at radius 3 is 2.95 bits per heavy atom. The smallest absolute Gasteiger partial charge is 0.266 e. The molecule has 0 radical (unpaired) electrons. The Morgan fingerprint density at radius 1 is 1.33 bits per heavy atom. The lowest BCUT2D eigenvalue weighted by atomic mass is 10.2. The summed E-state index contributed by atoms with van der Waals surface area (Å²) in [5, 5.41) is 0.943. The van der Waals surface area contributed by atoms with Gasteiger partial charge in [0.15, 0.2) is 0 Å². The van der Waals surface area contributed by atoms with Gasteiger partial charge in [-0.25, -0.2) is 0 Å². The standard InChI is InChI=1S/C15H19N3OS2/c1-9-8-11-12(10(2)17-9)13(16)14(21-11)15(19)18-4-3-6-20-7-5-18/h8H,3-7,16H2,1-2H3. The number of nitrogen functional groups attached to an aromatic ring is 1. The molecule has 4 nitrogen and oxygen atoms in total. The number of thiophene rings is 1. The van der Waals surface area contributed by atoms with Gasteiger partial charge in [0.1, 0.15) is 4.88 Å². The fourth-order valence-corrected chi connectivity index (χ4v) is 4.86. The molecule has 112 valence electrons. The summed E-state index contributed by atoms with van der Waals surface area (Å²) < 4.78 is 1.06. The second-order valence-electron chi connectivity index (χ2n) is 5.33. The van der Waals surface area contributed by atoms with Gasteiger partial charge in [-0.1, -0.05) is 0 Å². The Hall–Kier alpha value is -1.27. The molecule has 2 aromatic rings. The molecular formula is C15H19N3OS2. The first-order valence-electron chi connectivity index (χ1n) is 7.11. The van der Waals surface area contributed by atoms with Crippen LogP contribution in [-0.2, 0) is 0 Å². The molecule has 1 fully saturated rings. The molecule has 0 unspecified atom stereocenters. The average Bonchev–Trinajstić information content (AvgIpc) is 2.64. The Bertz CT molecular complexity index is 688. The van der Waals surface area contributed by atoms with Crippen molar-refractivity contribution in [2.75, 3.05) is 30.3 Å². The minimum Gasteiger partial charge on any atom is -0.397 e. The summed E-state index contributed by atoms with van der Waals surface area (Å²) in [5.74, 6) is 2.22. The summed E-state index contributed by atoms with van der Waals surface area (Å²) in [7, 11) is 0.